The van der Waals surface area contributed by atoms with Gasteiger partial charge in [-0.1, -0.05) is 43.1 Å². The van der Waals surface area contributed by atoms with Crippen LogP contribution >= 0.6 is 15.9 Å². The first-order valence-electron chi connectivity index (χ1n) is 9.14. The van der Waals surface area contributed by atoms with Crippen LogP contribution in [0.25, 0.3) is 0 Å². The Morgan fingerprint density at radius 2 is 2.04 bits per heavy atom. The van der Waals surface area contributed by atoms with E-state index in [9.17, 15) is 4.79 Å². The topological polar surface area (TPSA) is 44.8 Å². The normalized spacial score (nSPS) is 32.3. The predicted octanol–water partition coefficient (Wildman–Crippen LogP) is 4.81. The van der Waals surface area contributed by atoms with Crippen LogP contribution in [0.15, 0.2) is 28.7 Å². The van der Waals surface area contributed by atoms with Crippen molar-refractivity contribution in [3.8, 4) is 0 Å². The molecular weight excluding hydrogens is 384 g/mol. The van der Waals surface area contributed by atoms with Gasteiger partial charge >= 0.3 is 5.97 Å². The molecule has 1 saturated carbocycles. The molecule has 1 spiro atoms. The van der Waals surface area contributed by atoms with Crippen molar-refractivity contribution in [2.24, 2.45) is 17.8 Å². The minimum absolute atomic E-state index is 0.189. The second kappa shape index (κ2) is 7.77. The van der Waals surface area contributed by atoms with Crippen molar-refractivity contribution in [1.29, 1.82) is 0 Å². The largest absolute Gasteiger partial charge is 0.459 e. The van der Waals surface area contributed by atoms with Crippen molar-refractivity contribution in [2.75, 3.05) is 13.2 Å². The molecule has 4 nitrogen and oxygen atoms in total. The maximum absolute atomic E-state index is 12.2. The van der Waals surface area contributed by atoms with E-state index in [4.69, 9.17) is 14.2 Å². The Kier molecular flexibility index (Phi) is 5.86. The van der Waals surface area contributed by atoms with Crippen molar-refractivity contribution in [3.05, 3.63) is 34.3 Å². The third-order valence-corrected chi connectivity index (χ3v) is 5.86. The minimum Gasteiger partial charge on any atom is -0.459 e. The molecule has 1 aromatic carbocycles. The highest BCUT2D eigenvalue weighted by molar-refractivity contribution is 9.10. The number of carbonyl (C=O) groups is 1. The molecule has 1 aliphatic heterocycles. The van der Waals surface area contributed by atoms with Crippen LogP contribution in [0.3, 0.4) is 0 Å². The van der Waals surface area contributed by atoms with Gasteiger partial charge in [0, 0.05) is 16.8 Å². The van der Waals surface area contributed by atoms with Gasteiger partial charge in [-0.25, -0.2) is 4.79 Å². The summed E-state index contributed by atoms with van der Waals surface area (Å²) in [6.07, 6.45) is 3.09. The number of carbonyl (C=O) groups excluding carboxylic acids is 1. The van der Waals surface area contributed by atoms with Crippen LogP contribution in [0.5, 0.6) is 0 Å². The first-order valence-corrected chi connectivity index (χ1v) is 9.93. The van der Waals surface area contributed by atoms with E-state index in [2.05, 4.69) is 36.7 Å². The molecular formula is C20H27BrO4. The predicted molar refractivity (Wildman–Crippen MR) is 99.3 cm³/mol. The zero-order valence-electron chi connectivity index (χ0n) is 15.2. The summed E-state index contributed by atoms with van der Waals surface area (Å²) in [5.74, 6) is 0.682. The van der Waals surface area contributed by atoms with E-state index in [0.717, 1.165) is 17.3 Å². The van der Waals surface area contributed by atoms with Crippen LogP contribution in [0, 0.1) is 17.8 Å². The van der Waals surface area contributed by atoms with Crippen molar-refractivity contribution in [2.45, 2.75) is 51.9 Å². The fraction of sp³-hybridized carbons (Fsp3) is 0.650. The first kappa shape index (κ1) is 18.9. The molecule has 2 fully saturated rings. The highest BCUT2D eigenvalue weighted by atomic mass is 79.9. The van der Waals surface area contributed by atoms with E-state index in [0.29, 0.717) is 29.9 Å². The summed E-state index contributed by atoms with van der Waals surface area (Å²) < 4.78 is 18.9. The summed E-state index contributed by atoms with van der Waals surface area (Å²) in [6, 6.07) is 7.16. The van der Waals surface area contributed by atoms with Gasteiger partial charge in [0.2, 0.25) is 0 Å². The summed E-state index contributed by atoms with van der Waals surface area (Å²) in [7, 11) is 0. The van der Waals surface area contributed by atoms with Crippen molar-refractivity contribution in [3.63, 3.8) is 0 Å². The van der Waals surface area contributed by atoms with Crippen LogP contribution < -0.4 is 0 Å². The smallest absolute Gasteiger partial charge is 0.338 e. The number of hydrogen-bond donors (Lipinski definition) is 0. The van der Waals surface area contributed by atoms with Gasteiger partial charge in [0.15, 0.2) is 5.79 Å². The van der Waals surface area contributed by atoms with Crippen LogP contribution in [0.4, 0.5) is 0 Å². The van der Waals surface area contributed by atoms with Gasteiger partial charge in [-0.15, -0.1) is 0 Å². The summed E-state index contributed by atoms with van der Waals surface area (Å²) in [4.78, 5) is 12.2. The summed E-state index contributed by atoms with van der Waals surface area (Å²) in [5, 5.41) is 0. The molecule has 2 aliphatic rings. The molecule has 25 heavy (non-hydrogen) atoms. The van der Waals surface area contributed by atoms with E-state index in [-0.39, 0.29) is 18.7 Å². The molecule has 0 amide bonds. The average Bonchev–Trinajstić information content (AvgIpc) is 2.96. The lowest BCUT2D eigenvalue weighted by Crippen LogP contribution is -2.47. The van der Waals surface area contributed by atoms with Crippen LogP contribution in [-0.2, 0) is 14.2 Å². The number of ether oxygens (including phenoxy) is 3. The minimum atomic E-state index is -0.499. The fourth-order valence-corrected chi connectivity index (χ4v) is 4.33. The van der Waals surface area contributed by atoms with Gasteiger partial charge in [0.25, 0.3) is 0 Å². The summed E-state index contributed by atoms with van der Waals surface area (Å²) >= 11 is 3.36. The summed E-state index contributed by atoms with van der Waals surface area (Å²) in [6.45, 7) is 7.44. The van der Waals surface area contributed by atoms with Crippen LogP contribution in [0.2, 0.25) is 0 Å². The van der Waals surface area contributed by atoms with Crippen molar-refractivity contribution < 1.29 is 19.0 Å². The van der Waals surface area contributed by atoms with Gasteiger partial charge in [0.05, 0.1) is 12.2 Å². The molecule has 0 unspecified atom stereocenters. The van der Waals surface area contributed by atoms with Crippen LogP contribution in [0.1, 0.15) is 50.4 Å². The molecule has 0 N–H and O–H groups in total. The fourth-order valence-electron chi connectivity index (χ4n) is 4.07. The highest BCUT2D eigenvalue weighted by Crippen LogP contribution is 2.47. The first-order chi connectivity index (χ1) is 11.9. The SMILES string of the molecule is CC(C)[C@@H]1CC[C@@H](C)C[C@]12OC[C@H](COC(=O)c1ccc(Br)cc1)O2. The van der Waals surface area contributed by atoms with E-state index >= 15 is 0 Å². The number of hydrogen-bond acceptors (Lipinski definition) is 4. The van der Waals surface area contributed by atoms with Crippen molar-refractivity contribution >= 4 is 21.9 Å². The van der Waals surface area contributed by atoms with Gasteiger partial charge in [-0.05, 0) is 42.5 Å². The Morgan fingerprint density at radius 3 is 2.72 bits per heavy atom. The molecule has 1 heterocycles. The van der Waals surface area contributed by atoms with Crippen molar-refractivity contribution in [1.82, 2.24) is 0 Å². The molecule has 0 bridgehead atoms. The molecule has 1 aliphatic carbocycles. The zero-order chi connectivity index (χ0) is 18.0. The lowest BCUT2D eigenvalue weighted by molar-refractivity contribution is -0.240. The van der Waals surface area contributed by atoms with E-state index in [1.165, 1.54) is 6.42 Å². The molecule has 138 valence electrons. The Balaban J connectivity index is 1.58. The number of halogens is 1. The van der Waals surface area contributed by atoms with E-state index in [1.54, 1.807) is 12.1 Å². The Morgan fingerprint density at radius 1 is 1.32 bits per heavy atom. The zero-order valence-corrected chi connectivity index (χ0v) is 16.8. The molecule has 4 atom stereocenters. The lowest BCUT2D eigenvalue weighted by atomic mass is 9.73. The third-order valence-electron chi connectivity index (χ3n) is 5.33. The second-order valence-corrected chi connectivity index (χ2v) is 8.62. The highest BCUT2D eigenvalue weighted by Gasteiger charge is 2.51. The van der Waals surface area contributed by atoms with Gasteiger partial charge in [0.1, 0.15) is 12.7 Å². The number of benzene rings is 1. The average molecular weight is 411 g/mol. The van der Waals surface area contributed by atoms with E-state index in [1.807, 2.05) is 12.1 Å². The Bertz CT molecular complexity index is 600. The Labute approximate surface area is 158 Å². The van der Waals surface area contributed by atoms with Crippen LogP contribution in [-0.4, -0.2) is 31.1 Å². The number of rotatable bonds is 4. The molecule has 0 radical (unpaired) electrons. The molecule has 1 saturated heterocycles. The molecule has 0 aromatic heterocycles. The maximum Gasteiger partial charge on any atom is 0.338 e. The maximum atomic E-state index is 12.2. The molecule has 5 heteroatoms. The lowest BCUT2D eigenvalue weighted by Gasteiger charge is -2.44. The number of esters is 1. The summed E-state index contributed by atoms with van der Waals surface area (Å²) in [5.41, 5.74) is 0.545. The Hall–Kier alpha value is -0.910. The van der Waals surface area contributed by atoms with Gasteiger partial charge in [-0.2, -0.15) is 0 Å². The second-order valence-electron chi connectivity index (χ2n) is 7.71. The molecule has 3 rings (SSSR count). The van der Waals surface area contributed by atoms with Gasteiger partial charge < -0.3 is 14.2 Å². The monoisotopic (exact) mass is 410 g/mol. The standard InChI is InChI=1S/C20H27BrO4/c1-13(2)18-9-4-14(3)10-20(18)24-12-17(25-20)11-23-19(22)15-5-7-16(21)8-6-15/h5-8,13-14,17-18H,4,9-12H2,1-3H3/t14-,17+,18+,20-/m1/s1. The quantitative estimate of drug-likeness (QED) is 0.667. The molecule has 1 aromatic rings. The van der Waals surface area contributed by atoms with Gasteiger partial charge in [-0.3, -0.25) is 0 Å². The van der Waals surface area contributed by atoms with E-state index < -0.39 is 5.79 Å². The third kappa shape index (κ3) is 4.26.